The first-order valence-electron chi connectivity index (χ1n) is 13.4. The fourth-order valence-electron chi connectivity index (χ4n) is 4.16. The Kier molecular flexibility index (Phi) is 8.83. The van der Waals surface area contributed by atoms with Crippen molar-refractivity contribution in [2.24, 2.45) is 17.8 Å². The molecule has 1 aliphatic heterocycles. The highest BCUT2D eigenvalue weighted by molar-refractivity contribution is 7.15. The lowest BCUT2D eigenvalue weighted by molar-refractivity contribution is -0.173. The van der Waals surface area contributed by atoms with Crippen molar-refractivity contribution in [2.75, 3.05) is 12.3 Å². The van der Waals surface area contributed by atoms with Crippen LogP contribution in [0.1, 0.15) is 52.6 Å². The van der Waals surface area contributed by atoms with Crippen LogP contribution in [-0.4, -0.2) is 62.3 Å². The quantitative estimate of drug-likeness (QED) is 0.277. The van der Waals surface area contributed by atoms with Gasteiger partial charge in [-0.15, -0.1) is 11.3 Å². The van der Waals surface area contributed by atoms with Crippen molar-refractivity contribution in [1.29, 1.82) is 0 Å². The number of anilines is 1. The molecule has 222 valence electrons. The fraction of sp³-hybridized carbons (Fsp3) is 0.556. The number of nitrogens with zero attached hydrogens (tertiary/aromatic N) is 3. The van der Waals surface area contributed by atoms with Gasteiger partial charge in [0.25, 0.3) is 5.56 Å². The average molecular weight is 590 g/mol. The minimum atomic E-state index is -1.21. The van der Waals surface area contributed by atoms with Gasteiger partial charge in [-0.25, -0.2) is 4.98 Å². The molecule has 4 heterocycles. The number of nitrogen functional groups attached to an aromatic ring is 1. The van der Waals surface area contributed by atoms with Gasteiger partial charge in [-0.2, -0.15) is 4.98 Å². The van der Waals surface area contributed by atoms with E-state index in [0.717, 1.165) is 4.88 Å². The molecule has 0 aromatic carbocycles. The maximum atomic E-state index is 13.0. The Bertz CT molecular complexity index is 1510. The van der Waals surface area contributed by atoms with E-state index in [-0.39, 0.29) is 23.7 Å². The van der Waals surface area contributed by atoms with Gasteiger partial charge in [0.15, 0.2) is 35.4 Å². The Morgan fingerprint density at radius 3 is 2.17 bits per heavy atom. The zero-order chi connectivity index (χ0) is 30.2. The summed E-state index contributed by atoms with van der Waals surface area (Å²) in [5, 5.41) is 0. The van der Waals surface area contributed by atoms with E-state index < -0.39 is 65.8 Å². The number of aryl methyl sites for hydroxylation is 1. The van der Waals surface area contributed by atoms with Crippen LogP contribution in [0.2, 0.25) is 0 Å². The van der Waals surface area contributed by atoms with Crippen molar-refractivity contribution in [3.63, 3.8) is 0 Å². The number of imidazole rings is 1. The second-order valence-electron chi connectivity index (χ2n) is 10.8. The number of carbonyl (C=O) groups excluding carboxylic acids is 3. The van der Waals surface area contributed by atoms with E-state index in [4.69, 9.17) is 24.7 Å². The van der Waals surface area contributed by atoms with Crippen LogP contribution in [0.4, 0.5) is 5.95 Å². The van der Waals surface area contributed by atoms with E-state index in [1.165, 1.54) is 15.9 Å². The van der Waals surface area contributed by atoms with Crippen molar-refractivity contribution < 1.29 is 33.3 Å². The predicted molar refractivity (Wildman–Crippen MR) is 150 cm³/mol. The molecule has 3 aromatic rings. The summed E-state index contributed by atoms with van der Waals surface area (Å²) in [5.74, 6) is -2.90. The molecule has 0 radical (unpaired) electrons. The number of carbonyl (C=O) groups is 3. The Labute approximate surface area is 240 Å². The average Bonchev–Trinajstić information content (AvgIpc) is 3.58. The molecule has 0 saturated carbocycles. The molecule has 41 heavy (non-hydrogen) atoms. The summed E-state index contributed by atoms with van der Waals surface area (Å²) >= 11 is 1.42. The largest absolute Gasteiger partial charge is 0.463 e. The first kappa shape index (κ1) is 30.2. The second-order valence-corrected chi connectivity index (χ2v) is 12.1. The monoisotopic (exact) mass is 589 g/mol. The topological polar surface area (TPSA) is 178 Å². The zero-order valence-corrected chi connectivity index (χ0v) is 24.8. The number of H-pyrrole nitrogens is 1. The summed E-state index contributed by atoms with van der Waals surface area (Å²) < 4.78 is 25.1. The number of fused-ring (bicyclic) bond motifs is 1. The van der Waals surface area contributed by atoms with E-state index in [9.17, 15) is 19.2 Å². The maximum absolute atomic E-state index is 13.0. The predicted octanol–water partition coefficient (Wildman–Crippen LogP) is 2.97. The van der Waals surface area contributed by atoms with Crippen LogP contribution >= 0.6 is 11.3 Å². The van der Waals surface area contributed by atoms with Gasteiger partial charge in [0, 0.05) is 4.88 Å². The Morgan fingerprint density at radius 2 is 1.61 bits per heavy atom. The third kappa shape index (κ3) is 6.27. The standard InChI is InChI=1S/C27H35N5O8S/c1-11(2)24(34)37-10-15-18(39-25(35)12(3)4)19(40-26(36)13(5)6)23(38-15)32-20(16-9-8-14(7)41-16)29-17-21(32)30-27(28)31-22(17)33/h8-9,11-13,15,18-19,23H,10H2,1-7H3,(H3,28,30,31,33)/t15-,18-,19-,23-/m1/s1. The molecule has 0 bridgehead atoms. The summed E-state index contributed by atoms with van der Waals surface area (Å²) in [6, 6.07) is 3.72. The molecule has 14 heteroatoms. The summed E-state index contributed by atoms with van der Waals surface area (Å²) in [7, 11) is 0. The van der Waals surface area contributed by atoms with E-state index in [1.807, 2.05) is 19.1 Å². The van der Waals surface area contributed by atoms with E-state index >= 15 is 0 Å². The molecule has 1 aliphatic rings. The van der Waals surface area contributed by atoms with Crippen LogP contribution in [0, 0.1) is 24.7 Å². The molecule has 3 N–H and O–H groups in total. The minimum Gasteiger partial charge on any atom is -0.463 e. The Hall–Kier alpha value is -3.78. The molecule has 4 rings (SSSR count). The molecule has 0 spiro atoms. The number of hydrogen-bond acceptors (Lipinski definition) is 12. The molecule has 4 atom stereocenters. The van der Waals surface area contributed by atoms with E-state index in [1.54, 1.807) is 41.5 Å². The number of rotatable bonds is 9. The number of aromatic amines is 1. The highest BCUT2D eigenvalue weighted by Gasteiger charge is 2.52. The summed E-state index contributed by atoms with van der Waals surface area (Å²) in [6.45, 7) is 11.7. The van der Waals surface area contributed by atoms with Crippen molar-refractivity contribution in [2.45, 2.75) is 73.0 Å². The van der Waals surface area contributed by atoms with Crippen LogP contribution in [0.3, 0.4) is 0 Å². The maximum Gasteiger partial charge on any atom is 0.308 e. The summed E-state index contributed by atoms with van der Waals surface area (Å²) in [5.41, 5.74) is 5.40. The number of nitrogens with one attached hydrogen (secondary N) is 1. The van der Waals surface area contributed by atoms with Gasteiger partial charge >= 0.3 is 17.9 Å². The first-order valence-corrected chi connectivity index (χ1v) is 14.2. The molecule has 3 aromatic heterocycles. The summed E-state index contributed by atoms with van der Waals surface area (Å²) in [4.78, 5) is 64.0. The lowest BCUT2D eigenvalue weighted by Gasteiger charge is -2.26. The number of hydrogen-bond donors (Lipinski definition) is 2. The number of esters is 3. The normalized spacial score (nSPS) is 20.7. The van der Waals surface area contributed by atoms with Gasteiger partial charge in [-0.1, -0.05) is 41.5 Å². The zero-order valence-electron chi connectivity index (χ0n) is 24.0. The SMILES string of the molecule is Cc1ccc(-c2nc3c(=O)[nH]c(N)nc3n2[C@@H]2O[C@H](COC(=O)C(C)C)[C@@H](OC(=O)C(C)C)[C@H]2OC(=O)C(C)C)s1. The van der Waals surface area contributed by atoms with Gasteiger partial charge in [0.1, 0.15) is 12.7 Å². The Balaban J connectivity index is 1.91. The lowest BCUT2D eigenvalue weighted by Crippen LogP contribution is -2.42. The van der Waals surface area contributed by atoms with Crippen LogP contribution in [0.25, 0.3) is 21.9 Å². The molecular formula is C27H35N5O8S. The van der Waals surface area contributed by atoms with Crippen molar-refractivity contribution in [1.82, 2.24) is 19.5 Å². The fourth-order valence-corrected chi connectivity index (χ4v) is 5.01. The number of aromatic nitrogens is 4. The Morgan fingerprint density at radius 1 is 1.00 bits per heavy atom. The van der Waals surface area contributed by atoms with Crippen molar-refractivity contribution in [3.8, 4) is 10.7 Å². The molecule has 0 unspecified atom stereocenters. The van der Waals surface area contributed by atoms with E-state index in [2.05, 4.69) is 15.0 Å². The lowest BCUT2D eigenvalue weighted by atomic mass is 10.1. The minimum absolute atomic E-state index is 0.0109. The highest BCUT2D eigenvalue weighted by atomic mass is 32.1. The summed E-state index contributed by atoms with van der Waals surface area (Å²) in [6.07, 6.45) is -4.58. The number of nitrogens with two attached hydrogens (primary N) is 1. The van der Waals surface area contributed by atoms with Gasteiger partial charge in [-0.05, 0) is 19.1 Å². The van der Waals surface area contributed by atoms with Gasteiger partial charge in [0.05, 0.1) is 22.6 Å². The molecule has 1 fully saturated rings. The molecule has 13 nitrogen and oxygen atoms in total. The molecule has 0 aliphatic carbocycles. The highest BCUT2D eigenvalue weighted by Crippen LogP contribution is 2.40. The first-order chi connectivity index (χ1) is 19.3. The second kappa shape index (κ2) is 12.0. The van der Waals surface area contributed by atoms with Gasteiger partial charge in [0.2, 0.25) is 5.95 Å². The third-order valence-electron chi connectivity index (χ3n) is 6.38. The van der Waals surface area contributed by atoms with Crippen LogP contribution in [-0.2, 0) is 33.3 Å². The molecule has 1 saturated heterocycles. The van der Waals surface area contributed by atoms with Crippen LogP contribution in [0.15, 0.2) is 16.9 Å². The smallest absolute Gasteiger partial charge is 0.308 e. The number of ether oxygens (including phenoxy) is 4. The third-order valence-corrected chi connectivity index (χ3v) is 7.37. The molecule has 0 amide bonds. The van der Waals surface area contributed by atoms with Crippen LogP contribution in [0.5, 0.6) is 0 Å². The van der Waals surface area contributed by atoms with Gasteiger partial charge in [-0.3, -0.25) is 28.7 Å². The van der Waals surface area contributed by atoms with Crippen molar-refractivity contribution in [3.05, 3.63) is 27.4 Å². The van der Waals surface area contributed by atoms with Gasteiger partial charge < -0.3 is 24.7 Å². The number of thiophene rings is 1. The molecular weight excluding hydrogens is 554 g/mol. The van der Waals surface area contributed by atoms with Crippen LogP contribution < -0.4 is 11.3 Å². The van der Waals surface area contributed by atoms with Crippen molar-refractivity contribution >= 4 is 46.4 Å². The van der Waals surface area contributed by atoms with E-state index in [0.29, 0.717) is 10.7 Å².